The SMILES string of the molecule is CC(C)(CNC(=O)c1cc(N)ccc1Cl)C(N)=O. The number of rotatable bonds is 4. The molecule has 6 heteroatoms. The summed E-state index contributed by atoms with van der Waals surface area (Å²) in [5.41, 5.74) is 10.7. The zero-order valence-corrected chi connectivity index (χ0v) is 11.0. The number of amides is 2. The zero-order chi connectivity index (χ0) is 13.9. The summed E-state index contributed by atoms with van der Waals surface area (Å²) in [6, 6.07) is 4.63. The lowest BCUT2D eigenvalue weighted by molar-refractivity contribution is -0.125. The van der Waals surface area contributed by atoms with E-state index in [0.717, 1.165) is 0 Å². The van der Waals surface area contributed by atoms with Crippen LogP contribution in [0, 0.1) is 5.41 Å². The maximum Gasteiger partial charge on any atom is 0.252 e. The maximum atomic E-state index is 11.9. The van der Waals surface area contributed by atoms with Crippen molar-refractivity contribution in [3.05, 3.63) is 28.8 Å². The Morgan fingerprint density at radius 2 is 2.00 bits per heavy atom. The van der Waals surface area contributed by atoms with E-state index in [-0.39, 0.29) is 18.0 Å². The van der Waals surface area contributed by atoms with Gasteiger partial charge in [-0.3, -0.25) is 9.59 Å². The normalized spacial score (nSPS) is 11.1. The van der Waals surface area contributed by atoms with Crippen LogP contribution in [-0.2, 0) is 4.79 Å². The molecule has 0 aliphatic rings. The number of anilines is 1. The predicted octanol–water partition coefficient (Wildman–Crippen LogP) is 1.16. The van der Waals surface area contributed by atoms with E-state index in [1.807, 2.05) is 0 Å². The van der Waals surface area contributed by atoms with Crippen LogP contribution < -0.4 is 16.8 Å². The lowest BCUT2D eigenvalue weighted by Crippen LogP contribution is -2.42. The number of halogens is 1. The maximum absolute atomic E-state index is 11.9. The number of hydrogen-bond donors (Lipinski definition) is 3. The lowest BCUT2D eigenvalue weighted by Gasteiger charge is -2.20. The van der Waals surface area contributed by atoms with Gasteiger partial charge in [0.1, 0.15) is 0 Å². The molecule has 0 atom stereocenters. The Kier molecular flexibility index (Phi) is 4.19. The van der Waals surface area contributed by atoms with E-state index in [9.17, 15) is 9.59 Å². The fraction of sp³-hybridized carbons (Fsp3) is 0.333. The van der Waals surface area contributed by atoms with Gasteiger partial charge in [-0.25, -0.2) is 0 Å². The van der Waals surface area contributed by atoms with E-state index in [1.54, 1.807) is 26.0 Å². The van der Waals surface area contributed by atoms with Crippen LogP contribution in [0.4, 0.5) is 5.69 Å². The lowest BCUT2D eigenvalue weighted by atomic mass is 9.92. The van der Waals surface area contributed by atoms with E-state index in [2.05, 4.69) is 5.32 Å². The van der Waals surface area contributed by atoms with Crippen LogP contribution in [0.3, 0.4) is 0 Å². The van der Waals surface area contributed by atoms with Crippen molar-refractivity contribution >= 4 is 29.1 Å². The Bertz CT molecular complexity index is 486. The molecule has 2 amide bonds. The molecule has 98 valence electrons. The summed E-state index contributed by atoms with van der Waals surface area (Å²) >= 11 is 5.90. The molecule has 0 heterocycles. The van der Waals surface area contributed by atoms with E-state index in [1.165, 1.54) is 6.07 Å². The van der Waals surface area contributed by atoms with Gasteiger partial charge in [-0.05, 0) is 32.0 Å². The van der Waals surface area contributed by atoms with Gasteiger partial charge in [0.2, 0.25) is 5.91 Å². The molecule has 0 bridgehead atoms. The van der Waals surface area contributed by atoms with Gasteiger partial charge < -0.3 is 16.8 Å². The highest BCUT2D eigenvalue weighted by molar-refractivity contribution is 6.34. The van der Waals surface area contributed by atoms with Crippen molar-refractivity contribution in [2.45, 2.75) is 13.8 Å². The van der Waals surface area contributed by atoms with Crippen LogP contribution in [0.1, 0.15) is 24.2 Å². The van der Waals surface area contributed by atoms with E-state index in [0.29, 0.717) is 10.7 Å². The first-order chi connectivity index (χ1) is 8.24. The Morgan fingerprint density at radius 1 is 1.39 bits per heavy atom. The zero-order valence-electron chi connectivity index (χ0n) is 10.3. The first kappa shape index (κ1) is 14.3. The second-order valence-corrected chi connectivity index (χ2v) is 5.08. The summed E-state index contributed by atoms with van der Waals surface area (Å²) in [6.45, 7) is 3.43. The van der Waals surface area contributed by atoms with Crippen molar-refractivity contribution in [3.8, 4) is 0 Å². The first-order valence-electron chi connectivity index (χ1n) is 5.37. The van der Waals surface area contributed by atoms with Gasteiger partial charge in [0.25, 0.3) is 5.91 Å². The predicted molar refractivity (Wildman–Crippen MR) is 71.2 cm³/mol. The number of carbonyl (C=O) groups excluding carboxylic acids is 2. The van der Waals surface area contributed by atoms with Crippen molar-refractivity contribution in [2.24, 2.45) is 11.1 Å². The number of nitrogens with one attached hydrogen (secondary N) is 1. The molecule has 1 aromatic rings. The minimum atomic E-state index is -0.817. The third kappa shape index (κ3) is 3.37. The Morgan fingerprint density at radius 3 is 2.56 bits per heavy atom. The number of carbonyl (C=O) groups is 2. The molecule has 0 aromatic heterocycles. The minimum absolute atomic E-state index is 0.131. The van der Waals surface area contributed by atoms with Gasteiger partial charge >= 0.3 is 0 Å². The van der Waals surface area contributed by atoms with Gasteiger partial charge in [0.05, 0.1) is 16.0 Å². The summed E-state index contributed by atoms with van der Waals surface area (Å²) in [6.07, 6.45) is 0. The van der Waals surface area contributed by atoms with E-state index < -0.39 is 11.3 Å². The third-order valence-corrected chi connectivity index (χ3v) is 2.92. The second-order valence-electron chi connectivity index (χ2n) is 4.67. The minimum Gasteiger partial charge on any atom is -0.399 e. The molecular formula is C12H16ClN3O2. The third-order valence-electron chi connectivity index (χ3n) is 2.59. The Labute approximate surface area is 110 Å². The number of primary amides is 1. The molecule has 0 radical (unpaired) electrons. The smallest absolute Gasteiger partial charge is 0.252 e. The van der Waals surface area contributed by atoms with Crippen molar-refractivity contribution in [1.29, 1.82) is 0 Å². The first-order valence-corrected chi connectivity index (χ1v) is 5.75. The van der Waals surface area contributed by atoms with Crippen molar-refractivity contribution < 1.29 is 9.59 Å². The van der Waals surface area contributed by atoms with Crippen LogP contribution in [0.15, 0.2) is 18.2 Å². The molecule has 18 heavy (non-hydrogen) atoms. The highest BCUT2D eigenvalue weighted by Crippen LogP contribution is 2.19. The summed E-state index contributed by atoms with van der Waals surface area (Å²) in [4.78, 5) is 23.0. The summed E-state index contributed by atoms with van der Waals surface area (Å²) in [5.74, 6) is -0.872. The molecule has 0 fully saturated rings. The van der Waals surface area contributed by atoms with Crippen LogP contribution in [0.25, 0.3) is 0 Å². The summed E-state index contributed by atoms with van der Waals surface area (Å²) in [7, 11) is 0. The molecule has 5 N–H and O–H groups in total. The average molecular weight is 270 g/mol. The molecule has 0 aliphatic carbocycles. The highest BCUT2D eigenvalue weighted by Gasteiger charge is 2.25. The summed E-state index contributed by atoms with van der Waals surface area (Å²) in [5, 5.41) is 2.91. The topological polar surface area (TPSA) is 98.2 Å². The Balaban J connectivity index is 2.78. The van der Waals surface area contributed by atoms with Gasteiger partial charge in [-0.2, -0.15) is 0 Å². The monoisotopic (exact) mass is 269 g/mol. The number of nitrogens with two attached hydrogens (primary N) is 2. The fourth-order valence-electron chi connectivity index (χ4n) is 1.20. The van der Waals surface area contributed by atoms with Crippen LogP contribution in [0.5, 0.6) is 0 Å². The van der Waals surface area contributed by atoms with Crippen LogP contribution >= 0.6 is 11.6 Å². The summed E-state index contributed by atoms with van der Waals surface area (Å²) < 4.78 is 0. The number of hydrogen-bond acceptors (Lipinski definition) is 3. The molecule has 5 nitrogen and oxygen atoms in total. The molecule has 1 rings (SSSR count). The van der Waals surface area contributed by atoms with Crippen LogP contribution in [-0.4, -0.2) is 18.4 Å². The Hall–Kier alpha value is -1.75. The van der Waals surface area contributed by atoms with Crippen molar-refractivity contribution in [1.82, 2.24) is 5.32 Å². The molecule has 0 aliphatic heterocycles. The molecule has 1 aromatic carbocycles. The molecule has 0 spiro atoms. The van der Waals surface area contributed by atoms with Gasteiger partial charge in [-0.1, -0.05) is 11.6 Å². The van der Waals surface area contributed by atoms with E-state index in [4.69, 9.17) is 23.1 Å². The molecule has 0 unspecified atom stereocenters. The number of benzene rings is 1. The van der Waals surface area contributed by atoms with Gasteiger partial charge in [0.15, 0.2) is 0 Å². The highest BCUT2D eigenvalue weighted by atomic mass is 35.5. The largest absolute Gasteiger partial charge is 0.399 e. The standard InChI is InChI=1S/C12H16ClN3O2/c1-12(2,11(15)18)6-16-10(17)8-5-7(14)3-4-9(8)13/h3-5H,6,14H2,1-2H3,(H2,15,18)(H,16,17). The fourth-order valence-corrected chi connectivity index (χ4v) is 1.40. The second kappa shape index (κ2) is 5.27. The molecular weight excluding hydrogens is 254 g/mol. The number of nitrogen functional groups attached to an aromatic ring is 1. The van der Waals surface area contributed by atoms with Crippen LogP contribution in [0.2, 0.25) is 5.02 Å². The average Bonchev–Trinajstić information content (AvgIpc) is 2.29. The molecule has 0 saturated carbocycles. The van der Waals surface area contributed by atoms with Gasteiger partial charge in [0, 0.05) is 12.2 Å². The molecule has 0 saturated heterocycles. The van der Waals surface area contributed by atoms with Crippen molar-refractivity contribution in [2.75, 3.05) is 12.3 Å². The van der Waals surface area contributed by atoms with Crippen molar-refractivity contribution in [3.63, 3.8) is 0 Å². The van der Waals surface area contributed by atoms with Gasteiger partial charge in [-0.15, -0.1) is 0 Å². The quantitative estimate of drug-likeness (QED) is 0.716. The van der Waals surface area contributed by atoms with E-state index >= 15 is 0 Å².